The van der Waals surface area contributed by atoms with Crippen LogP contribution in [0.2, 0.25) is 0 Å². The smallest absolute Gasteiger partial charge is 0.295 e. The molecule has 0 unspecified atom stereocenters. The van der Waals surface area contributed by atoms with Crippen molar-refractivity contribution >= 4 is 0 Å². The van der Waals surface area contributed by atoms with Crippen LogP contribution in [0.4, 0.5) is 13.2 Å². The third-order valence-electron chi connectivity index (χ3n) is 4.07. The molecule has 1 saturated heterocycles. The van der Waals surface area contributed by atoms with Gasteiger partial charge < -0.3 is 0 Å². The highest BCUT2D eigenvalue weighted by Crippen LogP contribution is 2.30. The summed E-state index contributed by atoms with van der Waals surface area (Å²) >= 11 is 0. The molecule has 0 aliphatic carbocycles. The molecule has 0 N–H and O–H groups in total. The van der Waals surface area contributed by atoms with Gasteiger partial charge in [0.05, 0.1) is 6.54 Å². The van der Waals surface area contributed by atoms with Crippen LogP contribution in [0.25, 0.3) is 0 Å². The summed E-state index contributed by atoms with van der Waals surface area (Å²) in [4.78, 5) is 1.51. The van der Waals surface area contributed by atoms with E-state index in [0.717, 1.165) is 12.8 Å². The maximum Gasteiger partial charge on any atom is 0.401 e. The first-order valence-corrected chi connectivity index (χ1v) is 7.24. The summed E-state index contributed by atoms with van der Waals surface area (Å²) in [5.41, 5.74) is 2.57. The SMILES string of the molecule is CC(C)c1ccc(C2CCN(CC(F)(F)F)CC2)cc1. The van der Waals surface area contributed by atoms with Crippen molar-refractivity contribution in [2.45, 2.75) is 44.7 Å². The molecule has 0 spiro atoms. The summed E-state index contributed by atoms with van der Waals surface area (Å²) < 4.78 is 37.0. The van der Waals surface area contributed by atoms with E-state index in [9.17, 15) is 13.2 Å². The summed E-state index contributed by atoms with van der Waals surface area (Å²) in [6, 6.07) is 8.56. The van der Waals surface area contributed by atoms with Crippen molar-refractivity contribution in [1.29, 1.82) is 0 Å². The zero-order valence-corrected chi connectivity index (χ0v) is 12.1. The Balaban J connectivity index is 1.90. The molecular weight excluding hydrogens is 263 g/mol. The minimum Gasteiger partial charge on any atom is -0.295 e. The summed E-state index contributed by atoms with van der Waals surface area (Å²) in [5, 5.41) is 0. The van der Waals surface area contributed by atoms with Gasteiger partial charge in [-0.05, 0) is 48.9 Å². The van der Waals surface area contributed by atoms with Gasteiger partial charge >= 0.3 is 6.18 Å². The molecule has 112 valence electrons. The maximum absolute atomic E-state index is 12.3. The Morgan fingerprint density at radius 3 is 2.10 bits per heavy atom. The van der Waals surface area contributed by atoms with E-state index in [0.29, 0.717) is 24.9 Å². The molecule has 1 aliphatic heterocycles. The van der Waals surface area contributed by atoms with Crippen LogP contribution in [0.1, 0.15) is 49.7 Å². The van der Waals surface area contributed by atoms with Crippen molar-refractivity contribution in [3.63, 3.8) is 0 Å². The molecule has 1 fully saturated rings. The number of nitrogens with zero attached hydrogens (tertiary/aromatic N) is 1. The molecular formula is C16H22F3N. The molecule has 0 aromatic heterocycles. The third-order valence-corrected chi connectivity index (χ3v) is 4.07. The molecule has 20 heavy (non-hydrogen) atoms. The van der Waals surface area contributed by atoms with E-state index in [1.165, 1.54) is 16.0 Å². The van der Waals surface area contributed by atoms with Crippen LogP contribution >= 0.6 is 0 Å². The minimum atomic E-state index is -4.08. The molecule has 2 rings (SSSR count). The summed E-state index contributed by atoms with van der Waals surface area (Å²) in [6.07, 6.45) is -2.44. The summed E-state index contributed by atoms with van der Waals surface area (Å²) in [5.74, 6) is 0.915. The maximum atomic E-state index is 12.3. The number of alkyl halides is 3. The van der Waals surface area contributed by atoms with E-state index in [-0.39, 0.29) is 0 Å². The van der Waals surface area contributed by atoms with Gasteiger partial charge in [-0.1, -0.05) is 38.1 Å². The van der Waals surface area contributed by atoms with E-state index in [2.05, 4.69) is 38.1 Å². The van der Waals surface area contributed by atoms with E-state index < -0.39 is 12.7 Å². The lowest BCUT2D eigenvalue weighted by atomic mass is 9.88. The van der Waals surface area contributed by atoms with Crippen molar-refractivity contribution in [3.05, 3.63) is 35.4 Å². The number of rotatable bonds is 3. The Bertz CT molecular complexity index is 414. The third kappa shape index (κ3) is 4.23. The molecule has 1 aromatic carbocycles. The minimum absolute atomic E-state index is 0.403. The van der Waals surface area contributed by atoms with Crippen LogP contribution < -0.4 is 0 Å². The van der Waals surface area contributed by atoms with Crippen LogP contribution in [0.3, 0.4) is 0 Å². The lowest BCUT2D eigenvalue weighted by molar-refractivity contribution is -0.147. The normalized spacial score (nSPS) is 18.7. The molecule has 1 heterocycles. The Morgan fingerprint density at radius 2 is 1.65 bits per heavy atom. The zero-order chi connectivity index (χ0) is 14.8. The molecule has 1 nitrogen and oxygen atoms in total. The number of benzene rings is 1. The Morgan fingerprint density at radius 1 is 1.10 bits per heavy atom. The van der Waals surface area contributed by atoms with Gasteiger partial charge in [0.25, 0.3) is 0 Å². The van der Waals surface area contributed by atoms with E-state index in [1.54, 1.807) is 0 Å². The average Bonchev–Trinajstić information content (AvgIpc) is 2.38. The molecule has 1 aliphatic rings. The predicted molar refractivity (Wildman–Crippen MR) is 75.0 cm³/mol. The molecule has 0 radical (unpaired) electrons. The summed E-state index contributed by atoms with van der Waals surface area (Å²) in [7, 11) is 0. The summed E-state index contributed by atoms with van der Waals surface area (Å²) in [6.45, 7) is 4.62. The van der Waals surface area contributed by atoms with E-state index >= 15 is 0 Å². The molecule has 1 aromatic rings. The number of hydrogen-bond donors (Lipinski definition) is 0. The number of piperidine rings is 1. The van der Waals surface area contributed by atoms with Crippen molar-refractivity contribution < 1.29 is 13.2 Å². The van der Waals surface area contributed by atoms with Gasteiger partial charge in [0.1, 0.15) is 0 Å². The standard InChI is InChI=1S/C16H22F3N/c1-12(2)13-3-5-14(6-4-13)15-7-9-20(10-8-15)11-16(17,18)19/h3-6,12,15H,7-11H2,1-2H3. The largest absolute Gasteiger partial charge is 0.401 e. The van der Waals surface area contributed by atoms with Crippen molar-refractivity contribution in [2.75, 3.05) is 19.6 Å². The van der Waals surface area contributed by atoms with Gasteiger partial charge in [0, 0.05) is 0 Å². The number of likely N-dealkylation sites (tertiary alicyclic amines) is 1. The van der Waals surface area contributed by atoms with Crippen LogP contribution in [-0.2, 0) is 0 Å². The van der Waals surface area contributed by atoms with Crippen LogP contribution in [0.15, 0.2) is 24.3 Å². The molecule has 0 atom stereocenters. The first-order valence-electron chi connectivity index (χ1n) is 7.24. The number of halogens is 3. The highest BCUT2D eigenvalue weighted by molar-refractivity contribution is 5.27. The van der Waals surface area contributed by atoms with Gasteiger partial charge in [-0.2, -0.15) is 13.2 Å². The Labute approximate surface area is 118 Å². The fourth-order valence-electron chi connectivity index (χ4n) is 2.83. The first kappa shape index (κ1) is 15.4. The van der Waals surface area contributed by atoms with Crippen LogP contribution in [-0.4, -0.2) is 30.7 Å². The zero-order valence-electron chi connectivity index (χ0n) is 12.1. The van der Waals surface area contributed by atoms with Crippen LogP contribution in [0.5, 0.6) is 0 Å². The van der Waals surface area contributed by atoms with E-state index in [1.807, 2.05) is 0 Å². The van der Waals surface area contributed by atoms with Crippen molar-refractivity contribution in [2.24, 2.45) is 0 Å². The highest BCUT2D eigenvalue weighted by atomic mass is 19.4. The van der Waals surface area contributed by atoms with Gasteiger partial charge in [-0.3, -0.25) is 4.90 Å². The monoisotopic (exact) mass is 285 g/mol. The molecule has 0 bridgehead atoms. The van der Waals surface area contributed by atoms with Crippen molar-refractivity contribution in [3.8, 4) is 0 Å². The Hall–Kier alpha value is -1.03. The second-order valence-electron chi connectivity index (χ2n) is 5.99. The Kier molecular flexibility index (Phi) is 4.74. The second-order valence-corrected chi connectivity index (χ2v) is 5.99. The lowest BCUT2D eigenvalue weighted by Crippen LogP contribution is -2.39. The fraction of sp³-hybridized carbons (Fsp3) is 0.625. The lowest BCUT2D eigenvalue weighted by Gasteiger charge is -2.32. The van der Waals surface area contributed by atoms with Gasteiger partial charge in [0.15, 0.2) is 0 Å². The molecule has 0 saturated carbocycles. The van der Waals surface area contributed by atoms with Gasteiger partial charge in [0.2, 0.25) is 0 Å². The topological polar surface area (TPSA) is 3.24 Å². The predicted octanol–water partition coefficient (Wildman–Crippen LogP) is 4.55. The average molecular weight is 285 g/mol. The fourth-order valence-corrected chi connectivity index (χ4v) is 2.83. The highest BCUT2D eigenvalue weighted by Gasteiger charge is 2.32. The molecule has 4 heteroatoms. The molecule has 0 amide bonds. The quantitative estimate of drug-likeness (QED) is 0.787. The first-order chi connectivity index (χ1) is 9.35. The van der Waals surface area contributed by atoms with Gasteiger partial charge in [-0.25, -0.2) is 0 Å². The number of hydrogen-bond acceptors (Lipinski definition) is 1. The van der Waals surface area contributed by atoms with Gasteiger partial charge in [-0.15, -0.1) is 0 Å². The van der Waals surface area contributed by atoms with Crippen molar-refractivity contribution in [1.82, 2.24) is 4.90 Å². The van der Waals surface area contributed by atoms with Crippen LogP contribution in [0, 0.1) is 0 Å². The second kappa shape index (κ2) is 6.17. The van der Waals surface area contributed by atoms with E-state index in [4.69, 9.17) is 0 Å².